The Kier molecular flexibility index (Phi) is 4.01. The number of aromatic nitrogens is 2. The predicted molar refractivity (Wildman–Crippen MR) is 72.3 cm³/mol. The van der Waals surface area contributed by atoms with E-state index in [4.69, 9.17) is 22.1 Å². The second-order valence-electron chi connectivity index (χ2n) is 3.62. The lowest BCUT2D eigenvalue weighted by Gasteiger charge is -2.12. The van der Waals surface area contributed by atoms with Crippen LogP contribution < -0.4 is 15.8 Å². The highest BCUT2D eigenvalue weighted by Crippen LogP contribution is 2.30. The molecule has 0 spiro atoms. The average molecular weight is 283 g/mol. The number of hydrogen-bond donors (Lipinski definition) is 2. The first-order valence-electron chi connectivity index (χ1n) is 5.57. The van der Waals surface area contributed by atoms with Crippen LogP contribution in [0.2, 0.25) is 5.02 Å². The fraction of sp³-hybridized carbons (Fsp3) is 0.167. The van der Waals surface area contributed by atoms with Crippen LogP contribution in [0, 0.1) is 5.82 Å². The largest absolute Gasteiger partial charge is 0.476 e. The van der Waals surface area contributed by atoms with Gasteiger partial charge in [-0.25, -0.2) is 9.37 Å². The van der Waals surface area contributed by atoms with E-state index >= 15 is 0 Å². The van der Waals surface area contributed by atoms with E-state index in [2.05, 4.69) is 15.3 Å². The molecule has 0 saturated heterocycles. The number of nitrogen functional groups attached to an aromatic ring is 1. The first-order valence-corrected chi connectivity index (χ1v) is 5.95. The lowest BCUT2D eigenvalue weighted by atomic mass is 10.3. The molecular formula is C12H12ClFN4O. The van der Waals surface area contributed by atoms with Gasteiger partial charge in [0.2, 0.25) is 5.88 Å². The van der Waals surface area contributed by atoms with Crippen molar-refractivity contribution in [1.29, 1.82) is 0 Å². The number of halogens is 2. The average Bonchev–Trinajstić information content (AvgIpc) is 2.39. The molecular weight excluding hydrogens is 271 g/mol. The SMILES string of the molecule is CCOc1ncnc(Nc2cc(F)ccc2Cl)c1N. The van der Waals surface area contributed by atoms with Gasteiger partial charge in [0.1, 0.15) is 17.8 Å². The summed E-state index contributed by atoms with van der Waals surface area (Å²) in [6, 6.07) is 3.97. The minimum absolute atomic E-state index is 0.240. The zero-order valence-electron chi connectivity index (χ0n) is 10.2. The molecule has 0 unspecified atom stereocenters. The van der Waals surface area contributed by atoms with Crippen LogP contribution in [0.3, 0.4) is 0 Å². The molecule has 7 heteroatoms. The Morgan fingerprint density at radius 1 is 1.42 bits per heavy atom. The van der Waals surface area contributed by atoms with Crippen molar-refractivity contribution in [2.24, 2.45) is 0 Å². The summed E-state index contributed by atoms with van der Waals surface area (Å²) >= 11 is 5.95. The molecule has 0 aliphatic heterocycles. The van der Waals surface area contributed by atoms with Crippen LogP contribution >= 0.6 is 11.6 Å². The highest BCUT2D eigenvalue weighted by atomic mass is 35.5. The van der Waals surface area contributed by atoms with Gasteiger partial charge in [-0.3, -0.25) is 0 Å². The summed E-state index contributed by atoms with van der Waals surface area (Å²) < 4.78 is 18.4. The van der Waals surface area contributed by atoms with Crippen molar-refractivity contribution in [3.8, 4) is 5.88 Å². The molecule has 0 aliphatic rings. The van der Waals surface area contributed by atoms with Gasteiger partial charge >= 0.3 is 0 Å². The first-order chi connectivity index (χ1) is 9.11. The maximum Gasteiger partial charge on any atom is 0.242 e. The van der Waals surface area contributed by atoms with Crippen molar-refractivity contribution in [3.63, 3.8) is 0 Å². The van der Waals surface area contributed by atoms with E-state index in [1.165, 1.54) is 24.5 Å². The number of nitrogens with zero attached hydrogens (tertiary/aromatic N) is 2. The van der Waals surface area contributed by atoms with Gasteiger partial charge in [-0.05, 0) is 25.1 Å². The van der Waals surface area contributed by atoms with Gasteiger partial charge in [0.15, 0.2) is 5.82 Å². The minimum atomic E-state index is -0.412. The number of nitrogens with one attached hydrogen (secondary N) is 1. The van der Waals surface area contributed by atoms with E-state index in [9.17, 15) is 4.39 Å². The summed E-state index contributed by atoms with van der Waals surface area (Å²) in [5.74, 6) is 0.169. The molecule has 3 N–H and O–H groups in total. The number of anilines is 3. The summed E-state index contributed by atoms with van der Waals surface area (Å²) in [6.45, 7) is 2.25. The van der Waals surface area contributed by atoms with E-state index in [0.29, 0.717) is 23.1 Å². The molecule has 0 aliphatic carbocycles. The van der Waals surface area contributed by atoms with Crippen molar-refractivity contribution in [2.45, 2.75) is 6.92 Å². The van der Waals surface area contributed by atoms with Crippen LogP contribution in [0.25, 0.3) is 0 Å². The molecule has 0 saturated carbocycles. The smallest absolute Gasteiger partial charge is 0.242 e. The van der Waals surface area contributed by atoms with E-state index in [-0.39, 0.29) is 11.6 Å². The minimum Gasteiger partial charge on any atom is -0.476 e. The molecule has 0 fully saturated rings. The maximum absolute atomic E-state index is 13.2. The third-order valence-corrected chi connectivity index (χ3v) is 2.64. The van der Waals surface area contributed by atoms with Crippen LogP contribution in [0.4, 0.5) is 21.6 Å². The molecule has 2 rings (SSSR count). The first kappa shape index (κ1) is 13.4. The number of nitrogens with two attached hydrogens (primary N) is 1. The van der Waals surface area contributed by atoms with E-state index in [0.717, 1.165) is 0 Å². The van der Waals surface area contributed by atoms with Gasteiger partial charge in [0, 0.05) is 0 Å². The third-order valence-electron chi connectivity index (χ3n) is 2.31. The van der Waals surface area contributed by atoms with E-state index in [1.54, 1.807) is 0 Å². The maximum atomic E-state index is 13.2. The van der Waals surface area contributed by atoms with E-state index < -0.39 is 5.82 Å². The molecule has 1 aromatic heterocycles. The standard InChI is InChI=1S/C12H12ClFN4O/c1-2-19-12-10(15)11(16-6-17-12)18-9-5-7(14)3-4-8(9)13/h3-6H,2,15H2,1H3,(H,16,17,18). The van der Waals surface area contributed by atoms with Crippen LogP contribution in [-0.4, -0.2) is 16.6 Å². The summed E-state index contributed by atoms with van der Waals surface area (Å²) in [5, 5.41) is 3.21. The van der Waals surface area contributed by atoms with Gasteiger partial charge in [-0.1, -0.05) is 11.6 Å². The van der Waals surface area contributed by atoms with Gasteiger partial charge in [0.25, 0.3) is 0 Å². The highest BCUT2D eigenvalue weighted by Gasteiger charge is 2.11. The van der Waals surface area contributed by atoms with Crippen molar-refractivity contribution in [1.82, 2.24) is 9.97 Å². The quantitative estimate of drug-likeness (QED) is 0.902. The molecule has 100 valence electrons. The third kappa shape index (κ3) is 3.03. The number of hydrogen-bond acceptors (Lipinski definition) is 5. The van der Waals surface area contributed by atoms with Crippen LogP contribution in [0.1, 0.15) is 6.92 Å². The summed E-state index contributed by atoms with van der Waals surface area (Å²) in [5.41, 5.74) is 6.47. The zero-order valence-corrected chi connectivity index (χ0v) is 10.9. The normalized spacial score (nSPS) is 10.3. The molecule has 0 atom stereocenters. The Bertz CT molecular complexity index is 594. The van der Waals surface area contributed by atoms with Crippen molar-refractivity contribution >= 4 is 28.8 Å². The Morgan fingerprint density at radius 3 is 2.95 bits per heavy atom. The molecule has 19 heavy (non-hydrogen) atoms. The van der Waals surface area contributed by atoms with Crippen molar-refractivity contribution in [3.05, 3.63) is 35.4 Å². The Labute approximate surface area is 114 Å². The molecule has 0 radical (unpaired) electrons. The number of benzene rings is 1. The van der Waals surface area contributed by atoms with Gasteiger partial charge in [0.05, 0.1) is 17.3 Å². The van der Waals surface area contributed by atoms with Gasteiger partial charge < -0.3 is 15.8 Å². The monoisotopic (exact) mass is 282 g/mol. The lowest BCUT2D eigenvalue weighted by molar-refractivity contribution is 0.328. The van der Waals surface area contributed by atoms with Gasteiger partial charge in [-0.2, -0.15) is 4.98 Å². The fourth-order valence-electron chi connectivity index (χ4n) is 1.45. The number of ether oxygens (including phenoxy) is 1. The fourth-order valence-corrected chi connectivity index (χ4v) is 1.62. The van der Waals surface area contributed by atoms with Gasteiger partial charge in [-0.15, -0.1) is 0 Å². The molecule has 5 nitrogen and oxygen atoms in total. The molecule has 0 bridgehead atoms. The Morgan fingerprint density at radius 2 is 2.21 bits per heavy atom. The summed E-state index contributed by atoms with van der Waals surface area (Å²) in [6.07, 6.45) is 1.30. The Balaban J connectivity index is 2.33. The highest BCUT2D eigenvalue weighted by molar-refractivity contribution is 6.33. The summed E-state index contributed by atoms with van der Waals surface area (Å²) in [4.78, 5) is 7.88. The summed E-state index contributed by atoms with van der Waals surface area (Å²) in [7, 11) is 0. The molecule has 0 amide bonds. The topological polar surface area (TPSA) is 73.1 Å². The molecule has 1 aromatic carbocycles. The Hall–Kier alpha value is -2.08. The van der Waals surface area contributed by atoms with Crippen molar-refractivity contribution in [2.75, 3.05) is 17.7 Å². The van der Waals surface area contributed by atoms with Crippen LogP contribution in [0.15, 0.2) is 24.5 Å². The lowest BCUT2D eigenvalue weighted by Crippen LogP contribution is -2.05. The molecule has 2 aromatic rings. The predicted octanol–water partition coefficient (Wildman–Crippen LogP) is 2.99. The number of rotatable bonds is 4. The van der Waals surface area contributed by atoms with E-state index in [1.807, 2.05) is 6.92 Å². The zero-order chi connectivity index (χ0) is 13.8. The second-order valence-corrected chi connectivity index (χ2v) is 4.03. The second kappa shape index (κ2) is 5.71. The molecule has 1 heterocycles. The van der Waals surface area contributed by atoms with Crippen molar-refractivity contribution < 1.29 is 9.13 Å². The van der Waals surface area contributed by atoms with Crippen LogP contribution in [0.5, 0.6) is 5.88 Å². The van der Waals surface area contributed by atoms with Crippen LogP contribution in [-0.2, 0) is 0 Å².